The number of halogens is 1. The van der Waals surface area contributed by atoms with Gasteiger partial charge in [-0.15, -0.1) is 24.0 Å². The van der Waals surface area contributed by atoms with Crippen LogP contribution in [0.5, 0.6) is 0 Å². The molecule has 0 unspecified atom stereocenters. The third-order valence-electron chi connectivity index (χ3n) is 4.49. The van der Waals surface area contributed by atoms with Crippen LogP contribution in [-0.2, 0) is 13.6 Å². The van der Waals surface area contributed by atoms with Crippen LogP contribution in [0.2, 0.25) is 0 Å². The molecule has 1 heterocycles. The van der Waals surface area contributed by atoms with Gasteiger partial charge in [-0.05, 0) is 53.2 Å². The molecule has 1 rings (SSSR count). The molecule has 0 saturated heterocycles. The Labute approximate surface area is 170 Å². The van der Waals surface area contributed by atoms with E-state index in [2.05, 4.69) is 48.3 Å². The zero-order chi connectivity index (χ0) is 17.9. The summed E-state index contributed by atoms with van der Waals surface area (Å²) in [5.41, 5.74) is 3.47. The van der Waals surface area contributed by atoms with Crippen LogP contribution in [0.15, 0.2) is 4.99 Å². The minimum Gasteiger partial charge on any atom is -0.357 e. The number of nitrogens with zero attached hydrogens (tertiary/aromatic N) is 4. The summed E-state index contributed by atoms with van der Waals surface area (Å²) < 4.78 is 1.92. The summed E-state index contributed by atoms with van der Waals surface area (Å²) >= 11 is 0. The van der Waals surface area contributed by atoms with Gasteiger partial charge in [0.2, 0.25) is 0 Å². The van der Waals surface area contributed by atoms with Crippen molar-refractivity contribution in [2.75, 3.05) is 32.7 Å². The van der Waals surface area contributed by atoms with Gasteiger partial charge in [0.25, 0.3) is 0 Å². The number of hydrogen-bond acceptors (Lipinski definition) is 3. The molecule has 0 aliphatic heterocycles. The van der Waals surface area contributed by atoms with Crippen LogP contribution in [-0.4, -0.2) is 53.4 Å². The zero-order valence-corrected chi connectivity index (χ0v) is 19.2. The lowest BCUT2D eigenvalue weighted by molar-refractivity contribution is 0.297. The Kier molecular flexibility index (Phi) is 12.9. The molecule has 25 heavy (non-hydrogen) atoms. The van der Waals surface area contributed by atoms with E-state index in [4.69, 9.17) is 4.99 Å². The van der Waals surface area contributed by atoms with Crippen LogP contribution in [0.25, 0.3) is 0 Å². The highest BCUT2D eigenvalue weighted by atomic mass is 127. The molecule has 0 amide bonds. The predicted molar refractivity (Wildman–Crippen MR) is 118 cm³/mol. The van der Waals surface area contributed by atoms with E-state index in [1.807, 2.05) is 18.7 Å². The van der Waals surface area contributed by atoms with Crippen LogP contribution >= 0.6 is 24.0 Å². The first-order valence-electron chi connectivity index (χ1n) is 9.26. The summed E-state index contributed by atoms with van der Waals surface area (Å²) in [5.74, 6) is 0.892. The van der Waals surface area contributed by atoms with Crippen molar-refractivity contribution in [1.82, 2.24) is 25.3 Å². The van der Waals surface area contributed by atoms with Crippen LogP contribution in [0.1, 0.15) is 50.6 Å². The molecule has 1 aromatic rings. The number of guanidine groups is 1. The largest absolute Gasteiger partial charge is 0.357 e. The molecule has 0 aromatic carbocycles. The Bertz CT molecular complexity index is 508. The van der Waals surface area contributed by atoms with Crippen molar-refractivity contribution in [3.05, 3.63) is 17.0 Å². The molecule has 0 atom stereocenters. The summed E-state index contributed by atoms with van der Waals surface area (Å²) in [5, 5.41) is 11.2. The molecule has 0 aliphatic rings. The minimum absolute atomic E-state index is 0. The topological polar surface area (TPSA) is 57.5 Å². The first-order valence-corrected chi connectivity index (χ1v) is 9.26. The van der Waals surface area contributed by atoms with Crippen molar-refractivity contribution >= 4 is 29.9 Å². The number of aliphatic imine (C=N–C) groups is 1. The summed E-state index contributed by atoms with van der Waals surface area (Å²) in [7, 11) is 1.98. The lowest BCUT2D eigenvalue weighted by atomic mass is 10.2. The number of hydrogen-bond donors (Lipinski definition) is 2. The standard InChI is InChI=1S/C18H36N6.HI/c1-7-19-18(20-12-10-11-13-24(8-2)9-3)21-14-17-15(4)22-23(6)16(17)5;/h7-14H2,1-6H3,(H2,19,20,21);1H. The maximum Gasteiger partial charge on any atom is 0.191 e. The van der Waals surface area contributed by atoms with Gasteiger partial charge in [-0.1, -0.05) is 13.8 Å². The van der Waals surface area contributed by atoms with Crippen LogP contribution in [0.4, 0.5) is 0 Å². The van der Waals surface area contributed by atoms with E-state index in [1.54, 1.807) is 0 Å². The normalized spacial score (nSPS) is 11.6. The van der Waals surface area contributed by atoms with E-state index in [9.17, 15) is 0 Å². The molecule has 2 N–H and O–H groups in total. The maximum atomic E-state index is 4.71. The zero-order valence-electron chi connectivity index (χ0n) is 16.9. The average Bonchev–Trinajstić information content (AvgIpc) is 2.81. The molecular weight excluding hydrogens is 427 g/mol. The van der Waals surface area contributed by atoms with E-state index in [0.717, 1.165) is 44.3 Å². The highest BCUT2D eigenvalue weighted by Crippen LogP contribution is 2.12. The second-order valence-electron chi connectivity index (χ2n) is 6.13. The van der Waals surface area contributed by atoms with Gasteiger partial charge >= 0.3 is 0 Å². The fourth-order valence-electron chi connectivity index (χ4n) is 2.75. The van der Waals surface area contributed by atoms with Crippen LogP contribution in [0, 0.1) is 13.8 Å². The van der Waals surface area contributed by atoms with E-state index in [0.29, 0.717) is 6.54 Å². The monoisotopic (exact) mass is 464 g/mol. The van der Waals surface area contributed by atoms with Gasteiger partial charge in [-0.2, -0.15) is 5.10 Å². The molecule has 0 fully saturated rings. The number of aryl methyl sites for hydroxylation is 2. The predicted octanol–water partition coefficient (Wildman–Crippen LogP) is 2.83. The quantitative estimate of drug-likeness (QED) is 0.242. The average molecular weight is 464 g/mol. The molecule has 0 bridgehead atoms. The van der Waals surface area contributed by atoms with Gasteiger partial charge < -0.3 is 15.5 Å². The first kappa shape index (κ1) is 24.2. The number of rotatable bonds is 10. The lowest BCUT2D eigenvalue weighted by Gasteiger charge is -2.18. The molecule has 7 heteroatoms. The van der Waals surface area contributed by atoms with E-state index in [1.165, 1.54) is 24.2 Å². The molecule has 0 radical (unpaired) electrons. The second-order valence-corrected chi connectivity index (χ2v) is 6.13. The highest BCUT2D eigenvalue weighted by Gasteiger charge is 2.08. The Morgan fingerprint density at radius 1 is 1.12 bits per heavy atom. The molecule has 1 aromatic heterocycles. The first-order chi connectivity index (χ1) is 11.5. The van der Waals surface area contributed by atoms with Gasteiger partial charge in [-0.25, -0.2) is 4.99 Å². The van der Waals surface area contributed by atoms with Crippen molar-refractivity contribution in [2.45, 2.75) is 54.0 Å². The van der Waals surface area contributed by atoms with Crippen molar-refractivity contribution in [3.63, 3.8) is 0 Å². The molecule has 0 spiro atoms. The number of nitrogens with one attached hydrogen (secondary N) is 2. The van der Waals surface area contributed by atoms with Gasteiger partial charge in [0.15, 0.2) is 5.96 Å². The van der Waals surface area contributed by atoms with Crippen molar-refractivity contribution in [3.8, 4) is 0 Å². The van der Waals surface area contributed by atoms with E-state index >= 15 is 0 Å². The summed E-state index contributed by atoms with van der Waals surface area (Å²) in [6.07, 6.45) is 2.38. The van der Waals surface area contributed by atoms with Crippen molar-refractivity contribution < 1.29 is 0 Å². The van der Waals surface area contributed by atoms with Gasteiger partial charge in [0.1, 0.15) is 0 Å². The summed E-state index contributed by atoms with van der Waals surface area (Å²) in [4.78, 5) is 7.18. The lowest BCUT2D eigenvalue weighted by Crippen LogP contribution is -2.38. The fourth-order valence-corrected chi connectivity index (χ4v) is 2.75. The van der Waals surface area contributed by atoms with Crippen molar-refractivity contribution in [1.29, 1.82) is 0 Å². The Morgan fingerprint density at radius 3 is 2.32 bits per heavy atom. The van der Waals surface area contributed by atoms with Crippen LogP contribution in [0.3, 0.4) is 0 Å². The smallest absolute Gasteiger partial charge is 0.191 e. The Balaban J connectivity index is 0.00000576. The molecule has 6 nitrogen and oxygen atoms in total. The number of unbranched alkanes of at least 4 members (excludes halogenated alkanes) is 1. The summed E-state index contributed by atoms with van der Waals surface area (Å²) in [6, 6.07) is 0. The fraction of sp³-hybridized carbons (Fsp3) is 0.778. The summed E-state index contributed by atoms with van der Waals surface area (Å²) in [6.45, 7) is 16.6. The van der Waals surface area contributed by atoms with E-state index < -0.39 is 0 Å². The van der Waals surface area contributed by atoms with Gasteiger partial charge in [0, 0.05) is 31.4 Å². The molecular formula is C18H37IN6. The van der Waals surface area contributed by atoms with E-state index in [-0.39, 0.29) is 24.0 Å². The highest BCUT2D eigenvalue weighted by molar-refractivity contribution is 14.0. The maximum absolute atomic E-state index is 4.71. The number of aromatic nitrogens is 2. The second kappa shape index (κ2) is 13.4. The molecule has 0 aliphatic carbocycles. The Morgan fingerprint density at radius 2 is 1.80 bits per heavy atom. The third-order valence-corrected chi connectivity index (χ3v) is 4.49. The van der Waals surface area contributed by atoms with Gasteiger partial charge in [0.05, 0.1) is 12.2 Å². The SMILES string of the molecule is CCNC(=NCc1c(C)nn(C)c1C)NCCCCN(CC)CC.I. The minimum atomic E-state index is 0. The van der Waals surface area contributed by atoms with Gasteiger partial charge in [-0.3, -0.25) is 4.68 Å². The third kappa shape index (κ3) is 8.40. The molecule has 146 valence electrons. The Hall–Kier alpha value is -0.830. The molecule has 0 saturated carbocycles. The van der Waals surface area contributed by atoms with Crippen LogP contribution < -0.4 is 10.6 Å². The van der Waals surface area contributed by atoms with Crippen molar-refractivity contribution in [2.24, 2.45) is 12.0 Å².